The van der Waals surface area contributed by atoms with Gasteiger partial charge in [-0.2, -0.15) is 4.98 Å². The number of primary amides is 1. The number of nitrogens with zero attached hydrogens (tertiary/aromatic N) is 2. The normalized spacial score (nSPS) is 10.4. The highest BCUT2D eigenvalue weighted by Crippen LogP contribution is 2.14. The predicted octanol–water partition coefficient (Wildman–Crippen LogP) is 0.311. The molecule has 1 amide bonds. The highest BCUT2D eigenvalue weighted by molar-refractivity contribution is 5.75. The van der Waals surface area contributed by atoms with E-state index in [-0.39, 0.29) is 6.54 Å². The lowest BCUT2D eigenvalue weighted by atomic mass is 10.2. The Morgan fingerprint density at radius 3 is 2.82 bits per heavy atom. The maximum atomic E-state index is 10.5. The van der Waals surface area contributed by atoms with Gasteiger partial charge >= 0.3 is 0 Å². The zero-order valence-electron chi connectivity index (χ0n) is 9.09. The molecule has 0 atom stereocenters. The fourth-order valence-electron chi connectivity index (χ4n) is 1.32. The van der Waals surface area contributed by atoms with Crippen molar-refractivity contribution in [2.75, 3.05) is 6.54 Å². The molecule has 0 unspecified atom stereocenters. The first-order chi connectivity index (χ1) is 8.25. The van der Waals surface area contributed by atoms with E-state index in [1.54, 1.807) is 0 Å². The van der Waals surface area contributed by atoms with Gasteiger partial charge < -0.3 is 10.3 Å². The fraction of sp³-hybridized carbons (Fsp3) is 0.182. The van der Waals surface area contributed by atoms with Crippen LogP contribution in [0.1, 0.15) is 5.89 Å². The van der Waals surface area contributed by atoms with Gasteiger partial charge in [-0.1, -0.05) is 35.5 Å². The number of nitrogens with two attached hydrogens (primary N) is 1. The second-order valence-electron chi connectivity index (χ2n) is 3.45. The van der Waals surface area contributed by atoms with Crippen molar-refractivity contribution in [2.24, 2.45) is 5.73 Å². The standard InChI is InChI=1S/C11H12N4O2/c12-9(16)6-13-7-10-14-11(15-17-10)8-4-2-1-3-5-8/h1-5,13H,6-7H2,(H2,12,16). The van der Waals surface area contributed by atoms with Crippen molar-refractivity contribution in [1.82, 2.24) is 15.5 Å². The third kappa shape index (κ3) is 3.12. The third-order valence-electron chi connectivity index (χ3n) is 2.08. The van der Waals surface area contributed by atoms with E-state index in [1.165, 1.54) is 0 Å². The molecule has 6 nitrogen and oxygen atoms in total. The SMILES string of the molecule is NC(=O)CNCc1nc(-c2ccccc2)no1. The molecule has 2 aromatic rings. The van der Waals surface area contributed by atoms with Crippen molar-refractivity contribution in [1.29, 1.82) is 0 Å². The molecule has 88 valence electrons. The lowest BCUT2D eigenvalue weighted by Crippen LogP contribution is -2.28. The Morgan fingerprint density at radius 1 is 1.35 bits per heavy atom. The molecule has 1 aromatic heterocycles. The molecular weight excluding hydrogens is 220 g/mol. The van der Waals surface area contributed by atoms with Crippen LogP contribution in [0.2, 0.25) is 0 Å². The Bertz CT molecular complexity index is 495. The van der Waals surface area contributed by atoms with Crippen LogP contribution in [0.4, 0.5) is 0 Å². The highest BCUT2D eigenvalue weighted by Gasteiger charge is 2.07. The lowest BCUT2D eigenvalue weighted by Gasteiger charge is -1.95. The number of nitrogens with one attached hydrogen (secondary N) is 1. The smallest absolute Gasteiger partial charge is 0.240 e. The van der Waals surface area contributed by atoms with Crippen LogP contribution < -0.4 is 11.1 Å². The molecule has 0 spiro atoms. The van der Waals surface area contributed by atoms with E-state index in [2.05, 4.69) is 15.5 Å². The second-order valence-corrected chi connectivity index (χ2v) is 3.45. The second kappa shape index (κ2) is 5.22. The molecule has 0 aliphatic rings. The van der Waals surface area contributed by atoms with E-state index in [0.717, 1.165) is 5.56 Å². The lowest BCUT2D eigenvalue weighted by molar-refractivity contribution is -0.117. The summed E-state index contributed by atoms with van der Waals surface area (Å²) in [4.78, 5) is 14.7. The summed E-state index contributed by atoms with van der Waals surface area (Å²) in [7, 11) is 0. The number of aromatic nitrogens is 2. The molecule has 1 aromatic carbocycles. The quantitative estimate of drug-likeness (QED) is 0.773. The largest absolute Gasteiger partial charge is 0.369 e. The van der Waals surface area contributed by atoms with Crippen molar-refractivity contribution in [2.45, 2.75) is 6.54 Å². The van der Waals surface area contributed by atoms with E-state index in [4.69, 9.17) is 10.3 Å². The van der Waals surface area contributed by atoms with Gasteiger partial charge in [-0.3, -0.25) is 10.1 Å². The number of hydrogen-bond acceptors (Lipinski definition) is 5. The third-order valence-corrected chi connectivity index (χ3v) is 2.08. The molecule has 6 heteroatoms. The first kappa shape index (κ1) is 11.3. The summed E-state index contributed by atoms with van der Waals surface area (Å²) in [5.41, 5.74) is 5.87. The average molecular weight is 232 g/mol. The number of hydrogen-bond donors (Lipinski definition) is 2. The van der Waals surface area contributed by atoms with Gasteiger partial charge in [0, 0.05) is 5.56 Å². The van der Waals surface area contributed by atoms with Gasteiger partial charge in [0.05, 0.1) is 13.1 Å². The summed E-state index contributed by atoms with van der Waals surface area (Å²) in [5, 5.41) is 6.64. The van der Waals surface area contributed by atoms with Crippen molar-refractivity contribution in [3.05, 3.63) is 36.2 Å². The van der Waals surface area contributed by atoms with E-state index in [0.29, 0.717) is 18.3 Å². The van der Waals surface area contributed by atoms with Crippen molar-refractivity contribution < 1.29 is 9.32 Å². The van der Waals surface area contributed by atoms with Gasteiger partial charge in [-0.05, 0) is 0 Å². The van der Waals surface area contributed by atoms with Crippen molar-refractivity contribution in [3.63, 3.8) is 0 Å². The Kier molecular flexibility index (Phi) is 3.46. The first-order valence-corrected chi connectivity index (χ1v) is 5.13. The van der Waals surface area contributed by atoms with E-state index in [1.807, 2.05) is 30.3 Å². The maximum Gasteiger partial charge on any atom is 0.240 e. The molecular formula is C11H12N4O2. The molecule has 0 fully saturated rings. The van der Waals surface area contributed by atoms with Gasteiger partial charge in [0.15, 0.2) is 0 Å². The number of benzene rings is 1. The van der Waals surface area contributed by atoms with Crippen LogP contribution >= 0.6 is 0 Å². The Hall–Kier alpha value is -2.21. The van der Waals surface area contributed by atoms with Crippen molar-refractivity contribution in [3.8, 4) is 11.4 Å². The van der Waals surface area contributed by atoms with Gasteiger partial charge in [-0.25, -0.2) is 0 Å². The van der Waals surface area contributed by atoms with Gasteiger partial charge in [0.2, 0.25) is 17.6 Å². The molecule has 17 heavy (non-hydrogen) atoms. The predicted molar refractivity (Wildman–Crippen MR) is 60.6 cm³/mol. The molecule has 0 saturated carbocycles. The van der Waals surface area contributed by atoms with E-state index >= 15 is 0 Å². The van der Waals surface area contributed by atoms with Crippen LogP contribution in [-0.2, 0) is 11.3 Å². The Balaban J connectivity index is 1.99. The first-order valence-electron chi connectivity index (χ1n) is 5.13. The Morgan fingerprint density at radius 2 is 2.12 bits per heavy atom. The number of carbonyl (C=O) groups is 1. The number of rotatable bonds is 5. The topological polar surface area (TPSA) is 94.0 Å². The fourth-order valence-corrected chi connectivity index (χ4v) is 1.32. The minimum Gasteiger partial charge on any atom is -0.369 e. The molecule has 0 aliphatic carbocycles. The Labute approximate surface area is 97.8 Å². The molecule has 1 heterocycles. The van der Waals surface area contributed by atoms with Crippen LogP contribution in [-0.4, -0.2) is 22.6 Å². The monoisotopic (exact) mass is 232 g/mol. The summed E-state index contributed by atoms with van der Waals surface area (Å²) in [6.45, 7) is 0.409. The van der Waals surface area contributed by atoms with Gasteiger partial charge in [0.25, 0.3) is 0 Å². The minimum absolute atomic E-state index is 0.0864. The zero-order chi connectivity index (χ0) is 12.1. The average Bonchev–Trinajstić information content (AvgIpc) is 2.78. The summed E-state index contributed by atoms with van der Waals surface area (Å²) in [6, 6.07) is 9.50. The van der Waals surface area contributed by atoms with E-state index < -0.39 is 5.91 Å². The zero-order valence-corrected chi connectivity index (χ0v) is 9.09. The van der Waals surface area contributed by atoms with Crippen LogP contribution in [0.25, 0.3) is 11.4 Å². The van der Waals surface area contributed by atoms with Gasteiger partial charge in [-0.15, -0.1) is 0 Å². The van der Waals surface area contributed by atoms with E-state index in [9.17, 15) is 4.79 Å². The summed E-state index contributed by atoms with van der Waals surface area (Å²) in [5.74, 6) is 0.527. The number of amides is 1. The van der Waals surface area contributed by atoms with Crippen LogP contribution in [0.3, 0.4) is 0 Å². The van der Waals surface area contributed by atoms with Gasteiger partial charge in [0.1, 0.15) is 0 Å². The summed E-state index contributed by atoms with van der Waals surface area (Å²) in [6.07, 6.45) is 0. The molecule has 2 rings (SSSR count). The maximum absolute atomic E-state index is 10.5. The summed E-state index contributed by atoms with van der Waals surface area (Å²) < 4.78 is 5.03. The summed E-state index contributed by atoms with van der Waals surface area (Å²) >= 11 is 0. The highest BCUT2D eigenvalue weighted by atomic mass is 16.5. The molecule has 0 saturated heterocycles. The van der Waals surface area contributed by atoms with Crippen LogP contribution in [0.5, 0.6) is 0 Å². The number of carbonyl (C=O) groups excluding carboxylic acids is 1. The molecule has 0 aliphatic heterocycles. The molecule has 0 radical (unpaired) electrons. The van der Waals surface area contributed by atoms with Crippen LogP contribution in [0, 0.1) is 0 Å². The minimum atomic E-state index is -0.423. The molecule has 0 bridgehead atoms. The van der Waals surface area contributed by atoms with Crippen LogP contribution in [0.15, 0.2) is 34.9 Å². The van der Waals surface area contributed by atoms with Crippen molar-refractivity contribution >= 4 is 5.91 Å². The molecule has 3 N–H and O–H groups in total.